The Morgan fingerprint density at radius 2 is 1.75 bits per heavy atom. The zero-order valence-electron chi connectivity index (χ0n) is 11.9. The van der Waals surface area contributed by atoms with Crippen LogP contribution in [0.4, 0.5) is 4.39 Å². The van der Waals surface area contributed by atoms with E-state index in [0.717, 1.165) is 24.3 Å². The van der Waals surface area contributed by atoms with Crippen molar-refractivity contribution in [2.45, 2.75) is 44.9 Å². The first-order chi connectivity index (χ1) is 9.81. The molecule has 1 aromatic carbocycles. The van der Waals surface area contributed by atoms with E-state index in [1.165, 1.54) is 37.7 Å². The van der Waals surface area contributed by atoms with Crippen LogP contribution in [0.1, 0.15) is 49.7 Å². The van der Waals surface area contributed by atoms with E-state index >= 15 is 0 Å². The highest BCUT2D eigenvalue weighted by molar-refractivity contribution is 5.31. The van der Waals surface area contributed by atoms with E-state index in [1.807, 2.05) is 12.1 Å². The zero-order chi connectivity index (χ0) is 14.2. The monoisotopic (exact) mass is 271 g/mol. The molecule has 0 bridgehead atoms. The second-order valence-electron chi connectivity index (χ2n) is 5.83. The molecule has 0 N–H and O–H groups in total. The predicted molar refractivity (Wildman–Crippen MR) is 79.8 cm³/mol. The highest BCUT2D eigenvalue weighted by Crippen LogP contribution is 2.33. The van der Waals surface area contributed by atoms with Gasteiger partial charge in [0.25, 0.3) is 0 Å². The number of nitrogens with zero attached hydrogens (tertiary/aromatic N) is 1. The molecule has 0 aromatic heterocycles. The van der Waals surface area contributed by atoms with Gasteiger partial charge in [0.05, 0.1) is 18.0 Å². The molecule has 0 amide bonds. The lowest BCUT2D eigenvalue weighted by atomic mass is 9.78. The summed E-state index contributed by atoms with van der Waals surface area (Å²) in [6.07, 6.45) is 10.6. The van der Waals surface area contributed by atoms with E-state index in [9.17, 15) is 4.39 Å². The molecule has 0 unspecified atom stereocenters. The number of nitriles is 1. The highest BCUT2D eigenvalue weighted by atomic mass is 19.1. The third kappa shape index (κ3) is 4.49. The Hall–Kier alpha value is -1.62. The molecular formula is C18H22FN. The van der Waals surface area contributed by atoms with E-state index in [-0.39, 0.29) is 0 Å². The second kappa shape index (κ2) is 7.85. The molecule has 1 aliphatic rings. The van der Waals surface area contributed by atoms with Crippen LogP contribution >= 0.6 is 0 Å². The fraction of sp³-hybridized carbons (Fsp3) is 0.500. The SMILES string of the molecule is N#Cc1ccc(CCC2CCC(C/C=C/F)CC2)cc1. The van der Waals surface area contributed by atoms with Crippen molar-refractivity contribution in [3.8, 4) is 6.07 Å². The van der Waals surface area contributed by atoms with Gasteiger partial charge >= 0.3 is 0 Å². The van der Waals surface area contributed by atoms with Gasteiger partial charge in [-0.2, -0.15) is 5.26 Å². The summed E-state index contributed by atoms with van der Waals surface area (Å²) >= 11 is 0. The normalized spacial score (nSPS) is 22.8. The Bertz CT molecular complexity index is 461. The van der Waals surface area contributed by atoms with Crippen molar-refractivity contribution in [2.75, 3.05) is 0 Å². The summed E-state index contributed by atoms with van der Waals surface area (Å²) in [5.74, 6) is 1.50. The van der Waals surface area contributed by atoms with Gasteiger partial charge in [-0.1, -0.05) is 31.1 Å². The number of benzene rings is 1. The molecule has 1 aromatic rings. The molecule has 0 heterocycles. The van der Waals surface area contributed by atoms with Crippen molar-refractivity contribution in [1.82, 2.24) is 0 Å². The molecule has 0 atom stereocenters. The molecule has 2 rings (SSSR count). The fourth-order valence-corrected chi connectivity index (χ4v) is 3.12. The number of aryl methyl sites for hydroxylation is 1. The Morgan fingerprint density at radius 1 is 1.10 bits per heavy atom. The van der Waals surface area contributed by atoms with Gasteiger partial charge in [-0.3, -0.25) is 0 Å². The third-order valence-electron chi connectivity index (χ3n) is 4.45. The minimum absolute atomic E-state index is 0.678. The largest absolute Gasteiger partial charge is 0.216 e. The minimum atomic E-state index is 0.678. The van der Waals surface area contributed by atoms with E-state index in [0.29, 0.717) is 12.2 Å². The number of rotatable bonds is 5. The number of allylic oxidation sites excluding steroid dienone is 1. The molecule has 2 heteroatoms. The molecule has 0 aliphatic heterocycles. The maximum absolute atomic E-state index is 12.0. The van der Waals surface area contributed by atoms with E-state index in [2.05, 4.69) is 18.2 Å². The summed E-state index contributed by atoms with van der Waals surface area (Å²) in [7, 11) is 0. The van der Waals surface area contributed by atoms with Gasteiger partial charge in [-0.05, 0) is 61.6 Å². The van der Waals surface area contributed by atoms with Crippen LogP contribution in [0.2, 0.25) is 0 Å². The van der Waals surface area contributed by atoms with Crippen molar-refractivity contribution < 1.29 is 4.39 Å². The third-order valence-corrected chi connectivity index (χ3v) is 4.45. The molecule has 1 aliphatic carbocycles. The highest BCUT2D eigenvalue weighted by Gasteiger charge is 2.20. The number of hydrogen-bond acceptors (Lipinski definition) is 1. The van der Waals surface area contributed by atoms with E-state index in [4.69, 9.17) is 5.26 Å². The summed E-state index contributed by atoms with van der Waals surface area (Å²) in [6, 6.07) is 10.1. The second-order valence-corrected chi connectivity index (χ2v) is 5.83. The average molecular weight is 271 g/mol. The average Bonchev–Trinajstić information content (AvgIpc) is 2.52. The van der Waals surface area contributed by atoms with Gasteiger partial charge in [0.1, 0.15) is 0 Å². The molecule has 106 valence electrons. The van der Waals surface area contributed by atoms with Crippen LogP contribution in [0, 0.1) is 23.2 Å². The minimum Gasteiger partial charge on any atom is -0.216 e. The van der Waals surface area contributed by atoms with Crippen LogP contribution in [0.25, 0.3) is 0 Å². The molecule has 0 spiro atoms. The van der Waals surface area contributed by atoms with Crippen molar-refractivity contribution in [3.63, 3.8) is 0 Å². The summed E-state index contributed by atoms with van der Waals surface area (Å²) in [6.45, 7) is 0. The Morgan fingerprint density at radius 3 is 2.35 bits per heavy atom. The Labute approximate surface area is 121 Å². The van der Waals surface area contributed by atoms with Crippen LogP contribution in [0.5, 0.6) is 0 Å². The van der Waals surface area contributed by atoms with Crippen LogP contribution in [-0.2, 0) is 6.42 Å². The van der Waals surface area contributed by atoms with Crippen LogP contribution in [-0.4, -0.2) is 0 Å². The quantitative estimate of drug-likeness (QED) is 0.724. The lowest BCUT2D eigenvalue weighted by Crippen LogP contribution is -2.14. The van der Waals surface area contributed by atoms with Crippen molar-refractivity contribution in [1.29, 1.82) is 5.26 Å². The van der Waals surface area contributed by atoms with Gasteiger partial charge in [-0.25, -0.2) is 4.39 Å². The maximum atomic E-state index is 12.0. The molecule has 0 saturated heterocycles. The lowest BCUT2D eigenvalue weighted by Gasteiger charge is -2.27. The predicted octanol–water partition coefficient (Wildman–Crippen LogP) is 5.17. The maximum Gasteiger partial charge on any atom is 0.0991 e. The molecule has 0 radical (unpaired) electrons. The zero-order valence-corrected chi connectivity index (χ0v) is 11.9. The van der Waals surface area contributed by atoms with Gasteiger partial charge in [-0.15, -0.1) is 0 Å². The van der Waals surface area contributed by atoms with Crippen molar-refractivity contribution >= 4 is 0 Å². The molecule has 20 heavy (non-hydrogen) atoms. The molecular weight excluding hydrogens is 249 g/mol. The Kier molecular flexibility index (Phi) is 5.80. The lowest BCUT2D eigenvalue weighted by molar-refractivity contribution is 0.264. The van der Waals surface area contributed by atoms with E-state index in [1.54, 1.807) is 6.08 Å². The summed E-state index contributed by atoms with van der Waals surface area (Å²) < 4.78 is 12.0. The smallest absolute Gasteiger partial charge is 0.0991 e. The van der Waals surface area contributed by atoms with E-state index < -0.39 is 0 Å². The fourth-order valence-electron chi connectivity index (χ4n) is 3.12. The molecule has 1 fully saturated rings. The van der Waals surface area contributed by atoms with Crippen molar-refractivity contribution in [3.05, 3.63) is 47.8 Å². The van der Waals surface area contributed by atoms with Crippen molar-refractivity contribution in [2.24, 2.45) is 11.8 Å². The van der Waals surface area contributed by atoms with Gasteiger partial charge in [0.15, 0.2) is 0 Å². The van der Waals surface area contributed by atoms with Crippen LogP contribution < -0.4 is 0 Å². The topological polar surface area (TPSA) is 23.8 Å². The number of hydrogen-bond donors (Lipinski definition) is 0. The van der Waals surface area contributed by atoms with Gasteiger partial charge in [0, 0.05) is 0 Å². The molecule has 1 nitrogen and oxygen atoms in total. The summed E-state index contributed by atoms with van der Waals surface area (Å²) in [4.78, 5) is 0. The summed E-state index contributed by atoms with van der Waals surface area (Å²) in [5, 5.41) is 8.77. The van der Waals surface area contributed by atoms with Crippen LogP contribution in [0.3, 0.4) is 0 Å². The van der Waals surface area contributed by atoms with Gasteiger partial charge in [0.2, 0.25) is 0 Å². The first-order valence-electron chi connectivity index (χ1n) is 7.56. The Balaban J connectivity index is 1.71. The van der Waals surface area contributed by atoms with Gasteiger partial charge < -0.3 is 0 Å². The van der Waals surface area contributed by atoms with Crippen LogP contribution in [0.15, 0.2) is 36.7 Å². The standard InChI is InChI=1S/C18H22FN/c19-13-1-2-15-3-5-16(6-4-15)7-8-17-9-11-18(14-20)12-10-17/h1,9-13,15-16H,2-8H2/b13-1+. The first kappa shape index (κ1) is 14.8. The number of halogens is 1. The molecule has 1 saturated carbocycles. The first-order valence-corrected chi connectivity index (χ1v) is 7.56. The summed E-state index contributed by atoms with van der Waals surface area (Å²) in [5.41, 5.74) is 2.06.